The maximum atomic E-state index is 2.26. The molecule has 0 atom stereocenters. The summed E-state index contributed by atoms with van der Waals surface area (Å²) in [6, 6.07) is 0. The van der Waals surface area contributed by atoms with Crippen LogP contribution in [0.3, 0.4) is 0 Å². The van der Waals surface area contributed by atoms with Crippen LogP contribution >= 0.6 is 0 Å². The van der Waals surface area contributed by atoms with Gasteiger partial charge in [-0.2, -0.15) is 0 Å². The van der Waals surface area contributed by atoms with Crippen LogP contribution in [0, 0.1) is 0 Å². The van der Waals surface area contributed by atoms with E-state index >= 15 is 0 Å². The maximum absolute atomic E-state index is 2.26. The van der Waals surface area contributed by atoms with E-state index < -0.39 is 0 Å². The molecule has 46 valence electrons. The van der Waals surface area contributed by atoms with Crippen LogP contribution in [0.4, 0.5) is 0 Å². The minimum atomic E-state index is 0. The minimum absolute atomic E-state index is 0. The van der Waals surface area contributed by atoms with Gasteiger partial charge in [-0.3, -0.25) is 0 Å². The summed E-state index contributed by atoms with van der Waals surface area (Å²) in [6.45, 7) is 6.55. The fourth-order valence-corrected chi connectivity index (χ4v) is 1.10. The van der Waals surface area contributed by atoms with Gasteiger partial charge in [-0.05, 0) is 27.2 Å². The van der Waals surface area contributed by atoms with E-state index in [1.807, 2.05) is 0 Å². The third-order valence-corrected chi connectivity index (χ3v) is 1.68. The topological polar surface area (TPSA) is 0 Å². The number of allylic oxidation sites excluding steroid dienone is 4. The zero-order chi connectivity index (χ0) is 6.15. The Labute approximate surface area is 79.3 Å². The Morgan fingerprint density at radius 3 is 1.89 bits per heavy atom. The van der Waals surface area contributed by atoms with Crippen molar-refractivity contribution in [3.63, 3.8) is 0 Å². The molecule has 0 unspecified atom stereocenters. The Kier molecular flexibility index (Phi) is 3.79. The molecule has 0 saturated heterocycles. The summed E-state index contributed by atoms with van der Waals surface area (Å²) in [7, 11) is 0. The molecular formula is C8H13Na. The van der Waals surface area contributed by atoms with Gasteiger partial charge in [0.15, 0.2) is 0 Å². The molecule has 1 rings (SSSR count). The van der Waals surface area contributed by atoms with E-state index in [2.05, 4.69) is 26.8 Å². The van der Waals surface area contributed by atoms with Gasteiger partial charge in [0.25, 0.3) is 0 Å². The standard InChI is InChI=1S/C8H12.Na.H/c1-6-4-7(2)8(3)5-6;;/h4H,5H2,1-3H3;;. The van der Waals surface area contributed by atoms with Crippen molar-refractivity contribution in [3.05, 3.63) is 22.8 Å². The molecule has 0 N–H and O–H groups in total. The molecule has 0 aromatic carbocycles. The van der Waals surface area contributed by atoms with E-state index in [1.54, 1.807) is 0 Å². The van der Waals surface area contributed by atoms with E-state index in [9.17, 15) is 0 Å². The first-order chi connectivity index (χ1) is 3.70. The molecule has 1 heteroatoms. The quantitative estimate of drug-likeness (QED) is 0.442. The second kappa shape index (κ2) is 3.60. The van der Waals surface area contributed by atoms with Crippen molar-refractivity contribution in [2.45, 2.75) is 27.2 Å². The Morgan fingerprint density at radius 1 is 1.22 bits per heavy atom. The predicted octanol–water partition coefficient (Wildman–Crippen LogP) is 2.02. The molecule has 0 aromatic heterocycles. The van der Waals surface area contributed by atoms with Crippen LogP contribution in [0.1, 0.15) is 27.2 Å². The predicted molar refractivity (Wildman–Crippen MR) is 43.9 cm³/mol. The average molecular weight is 132 g/mol. The monoisotopic (exact) mass is 132 g/mol. The molecule has 0 heterocycles. The van der Waals surface area contributed by atoms with Gasteiger partial charge in [-0.25, -0.2) is 0 Å². The van der Waals surface area contributed by atoms with Gasteiger partial charge in [0, 0.05) is 0 Å². The van der Waals surface area contributed by atoms with Gasteiger partial charge in [0.05, 0.1) is 0 Å². The number of hydrogen-bond acceptors (Lipinski definition) is 0. The fourth-order valence-electron chi connectivity index (χ4n) is 1.10. The summed E-state index contributed by atoms with van der Waals surface area (Å²) < 4.78 is 0. The molecule has 9 heavy (non-hydrogen) atoms. The van der Waals surface area contributed by atoms with Crippen LogP contribution in [-0.4, -0.2) is 29.6 Å². The van der Waals surface area contributed by atoms with Gasteiger partial charge >= 0.3 is 29.6 Å². The summed E-state index contributed by atoms with van der Waals surface area (Å²) in [5.74, 6) is 0. The molecule has 0 spiro atoms. The van der Waals surface area contributed by atoms with E-state index in [0.29, 0.717) is 0 Å². The Balaban J connectivity index is 0.000000640. The molecule has 1 aliphatic carbocycles. The van der Waals surface area contributed by atoms with Crippen molar-refractivity contribution in [3.8, 4) is 0 Å². The van der Waals surface area contributed by atoms with Gasteiger partial charge in [-0.15, -0.1) is 0 Å². The second-order valence-electron chi connectivity index (χ2n) is 2.63. The molecule has 0 saturated carbocycles. The van der Waals surface area contributed by atoms with Gasteiger partial charge < -0.3 is 0 Å². The first kappa shape index (κ1) is 9.48. The molecule has 0 radical (unpaired) electrons. The average Bonchev–Trinajstić information content (AvgIpc) is 1.85. The van der Waals surface area contributed by atoms with Crippen LogP contribution in [0.2, 0.25) is 0 Å². The summed E-state index contributed by atoms with van der Waals surface area (Å²) >= 11 is 0. The van der Waals surface area contributed by atoms with E-state index in [1.165, 1.54) is 23.1 Å². The summed E-state index contributed by atoms with van der Waals surface area (Å²) in [4.78, 5) is 0. The SMILES string of the molecule is CC1=CC(C)=C(C)C1.[NaH]. The Morgan fingerprint density at radius 2 is 1.78 bits per heavy atom. The second-order valence-corrected chi connectivity index (χ2v) is 2.63. The molecule has 0 amide bonds. The van der Waals surface area contributed by atoms with Crippen LogP contribution in [-0.2, 0) is 0 Å². The van der Waals surface area contributed by atoms with Crippen molar-refractivity contribution in [2.24, 2.45) is 0 Å². The van der Waals surface area contributed by atoms with E-state index in [0.717, 1.165) is 0 Å². The van der Waals surface area contributed by atoms with Crippen LogP contribution in [0.15, 0.2) is 22.8 Å². The van der Waals surface area contributed by atoms with Crippen molar-refractivity contribution < 1.29 is 0 Å². The van der Waals surface area contributed by atoms with Crippen LogP contribution < -0.4 is 0 Å². The van der Waals surface area contributed by atoms with Crippen LogP contribution in [0.25, 0.3) is 0 Å². The number of hydrogen-bond donors (Lipinski definition) is 0. The van der Waals surface area contributed by atoms with Crippen molar-refractivity contribution >= 4 is 29.6 Å². The summed E-state index contributed by atoms with van der Waals surface area (Å²) in [6.07, 6.45) is 3.46. The van der Waals surface area contributed by atoms with Crippen molar-refractivity contribution in [1.82, 2.24) is 0 Å². The molecule has 0 bridgehead atoms. The Bertz CT molecular complexity index is 163. The zero-order valence-electron chi connectivity index (χ0n) is 5.78. The van der Waals surface area contributed by atoms with Gasteiger partial charge in [-0.1, -0.05) is 22.8 Å². The first-order valence-corrected chi connectivity index (χ1v) is 3.03. The third-order valence-electron chi connectivity index (χ3n) is 1.68. The molecular weight excluding hydrogens is 119 g/mol. The van der Waals surface area contributed by atoms with Gasteiger partial charge in [0.1, 0.15) is 0 Å². The fraction of sp³-hybridized carbons (Fsp3) is 0.500. The number of rotatable bonds is 0. The summed E-state index contributed by atoms with van der Waals surface area (Å²) in [5, 5.41) is 0. The van der Waals surface area contributed by atoms with E-state index in [4.69, 9.17) is 0 Å². The molecule has 1 aliphatic rings. The van der Waals surface area contributed by atoms with Gasteiger partial charge in [0.2, 0.25) is 0 Å². The molecule has 0 fully saturated rings. The molecule has 0 nitrogen and oxygen atoms in total. The molecule has 0 aromatic rings. The zero-order valence-corrected chi connectivity index (χ0v) is 5.78. The third kappa shape index (κ3) is 2.29. The molecule has 0 aliphatic heterocycles. The van der Waals surface area contributed by atoms with E-state index in [-0.39, 0.29) is 29.6 Å². The summed E-state index contributed by atoms with van der Waals surface area (Å²) in [5.41, 5.74) is 4.49. The van der Waals surface area contributed by atoms with Crippen LogP contribution in [0.5, 0.6) is 0 Å². The van der Waals surface area contributed by atoms with Crippen molar-refractivity contribution in [1.29, 1.82) is 0 Å². The van der Waals surface area contributed by atoms with Crippen molar-refractivity contribution in [2.75, 3.05) is 0 Å². The normalized spacial score (nSPS) is 17.4. The Hall–Kier alpha value is 0.480. The first-order valence-electron chi connectivity index (χ1n) is 3.03.